The van der Waals surface area contributed by atoms with E-state index < -0.39 is 0 Å². The van der Waals surface area contributed by atoms with Crippen molar-refractivity contribution in [2.45, 2.75) is 13.0 Å². The maximum atomic E-state index is 5.98. The Morgan fingerprint density at radius 1 is 0.708 bits per heavy atom. The second kappa shape index (κ2) is 8.75. The van der Waals surface area contributed by atoms with E-state index >= 15 is 0 Å². The van der Waals surface area contributed by atoms with Crippen molar-refractivity contribution in [2.75, 3.05) is 12.0 Å². The summed E-state index contributed by atoms with van der Waals surface area (Å²) < 4.78 is 5.98. The SMILES string of the molecule is c1ccc(CCOc2ccccc2CNNc2ccccc2)cc1. The molecule has 0 fully saturated rings. The molecule has 0 atom stereocenters. The number of para-hydroxylation sites is 2. The summed E-state index contributed by atoms with van der Waals surface area (Å²) in [4.78, 5) is 0. The first-order valence-electron chi connectivity index (χ1n) is 8.20. The number of nitrogens with one attached hydrogen (secondary N) is 2. The number of benzene rings is 3. The highest BCUT2D eigenvalue weighted by molar-refractivity contribution is 5.41. The summed E-state index contributed by atoms with van der Waals surface area (Å²) in [5, 5.41) is 0. The smallest absolute Gasteiger partial charge is 0.123 e. The van der Waals surface area contributed by atoms with Gasteiger partial charge in [0.2, 0.25) is 0 Å². The Morgan fingerprint density at radius 3 is 2.17 bits per heavy atom. The fraction of sp³-hybridized carbons (Fsp3) is 0.143. The fourth-order valence-electron chi connectivity index (χ4n) is 2.48. The Balaban J connectivity index is 1.51. The topological polar surface area (TPSA) is 33.3 Å². The van der Waals surface area contributed by atoms with E-state index in [-0.39, 0.29) is 0 Å². The van der Waals surface area contributed by atoms with E-state index in [1.54, 1.807) is 0 Å². The number of hydrogen-bond acceptors (Lipinski definition) is 3. The molecule has 0 aliphatic carbocycles. The van der Waals surface area contributed by atoms with E-state index in [0.29, 0.717) is 13.2 Å². The van der Waals surface area contributed by atoms with Crippen LogP contribution < -0.4 is 15.6 Å². The van der Waals surface area contributed by atoms with Crippen molar-refractivity contribution in [2.24, 2.45) is 0 Å². The van der Waals surface area contributed by atoms with Crippen LogP contribution in [0.5, 0.6) is 5.75 Å². The van der Waals surface area contributed by atoms with Crippen LogP contribution in [0, 0.1) is 0 Å². The highest BCUT2D eigenvalue weighted by Crippen LogP contribution is 2.18. The molecule has 0 radical (unpaired) electrons. The highest BCUT2D eigenvalue weighted by atomic mass is 16.5. The van der Waals surface area contributed by atoms with Crippen molar-refractivity contribution in [1.82, 2.24) is 5.43 Å². The van der Waals surface area contributed by atoms with Crippen LogP contribution in [0.1, 0.15) is 11.1 Å². The van der Waals surface area contributed by atoms with Gasteiger partial charge in [-0.2, -0.15) is 0 Å². The standard InChI is InChI=1S/C21H22N2O/c1-3-9-18(10-4-1)15-16-24-21-14-8-7-11-19(21)17-22-23-20-12-5-2-6-13-20/h1-14,22-23H,15-17H2. The minimum absolute atomic E-state index is 0.674. The molecule has 3 aromatic carbocycles. The van der Waals surface area contributed by atoms with Gasteiger partial charge < -0.3 is 10.2 Å². The molecular weight excluding hydrogens is 296 g/mol. The van der Waals surface area contributed by atoms with Crippen molar-refractivity contribution in [3.63, 3.8) is 0 Å². The molecule has 3 rings (SSSR count). The van der Waals surface area contributed by atoms with Gasteiger partial charge >= 0.3 is 0 Å². The van der Waals surface area contributed by atoms with Crippen molar-refractivity contribution in [3.8, 4) is 5.75 Å². The molecule has 3 nitrogen and oxygen atoms in total. The molecule has 0 amide bonds. The van der Waals surface area contributed by atoms with Gasteiger partial charge in [-0.15, -0.1) is 0 Å². The normalized spacial score (nSPS) is 10.3. The van der Waals surface area contributed by atoms with Crippen LogP contribution >= 0.6 is 0 Å². The van der Waals surface area contributed by atoms with Gasteiger partial charge in [0.25, 0.3) is 0 Å². The summed E-state index contributed by atoms with van der Waals surface area (Å²) in [6.07, 6.45) is 0.908. The summed E-state index contributed by atoms with van der Waals surface area (Å²) in [5.41, 5.74) is 9.90. The molecule has 0 saturated heterocycles. The molecular formula is C21H22N2O. The van der Waals surface area contributed by atoms with E-state index in [1.165, 1.54) is 5.56 Å². The molecule has 2 N–H and O–H groups in total. The van der Waals surface area contributed by atoms with Gasteiger partial charge in [-0.25, -0.2) is 5.43 Å². The van der Waals surface area contributed by atoms with Gasteiger partial charge in [0.15, 0.2) is 0 Å². The maximum Gasteiger partial charge on any atom is 0.123 e. The monoisotopic (exact) mass is 318 g/mol. The van der Waals surface area contributed by atoms with Gasteiger partial charge in [0.05, 0.1) is 6.61 Å². The number of hydrogen-bond donors (Lipinski definition) is 2. The minimum Gasteiger partial charge on any atom is -0.493 e. The molecule has 0 spiro atoms. The van der Waals surface area contributed by atoms with Gasteiger partial charge in [-0.3, -0.25) is 0 Å². The minimum atomic E-state index is 0.674. The zero-order valence-corrected chi connectivity index (χ0v) is 13.6. The van der Waals surface area contributed by atoms with Crippen LogP contribution in [-0.4, -0.2) is 6.61 Å². The number of anilines is 1. The summed E-state index contributed by atoms with van der Waals surface area (Å²) in [5.74, 6) is 0.927. The molecule has 3 heteroatoms. The third-order valence-electron chi connectivity index (χ3n) is 3.75. The summed E-state index contributed by atoms with van der Waals surface area (Å²) in [6.45, 7) is 1.36. The Morgan fingerprint density at radius 2 is 1.38 bits per heavy atom. The average molecular weight is 318 g/mol. The molecule has 0 saturated carbocycles. The van der Waals surface area contributed by atoms with Gasteiger partial charge in [0.1, 0.15) is 5.75 Å². The van der Waals surface area contributed by atoms with Crippen molar-refractivity contribution < 1.29 is 4.74 Å². The van der Waals surface area contributed by atoms with Gasteiger partial charge in [0, 0.05) is 24.2 Å². The zero-order chi connectivity index (χ0) is 16.5. The van der Waals surface area contributed by atoms with Gasteiger partial charge in [-0.05, 0) is 23.8 Å². The van der Waals surface area contributed by atoms with E-state index in [9.17, 15) is 0 Å². The third-order valence-corrected chi connectivity index (χ3v) is 3.75. The van der Waals surface area contributed by atoms with Crippen LogP contribution in [0.4, 0.5) is 5.69 Å². The zero-order valence-electron chi connectivity index (χ0n) is 13.6. The molecule has 0 aliphatic rings. The van der Waals surface area contributed by atoms with Crippen LogP contribution in [0.3, 0.4) is 0 Å². The fourth-order valence-corrected chi connectivity index (χ4v) is 2.48. The molecule has 0 bridgehead atoms. The first kappa shape index (κ1) is 16.1. The maximum absolute atomic E-state index is 5.98. The van der Waals surface area contributed by atoms with Crippen molar-refractivity contribution in [1.29, 1.82) is 0 Å². The Bertz CT molecular complexity index is 665. The quantitative estimate of drug-likeness (QED) is 0.603. The predicted molar refractivity (Wildman–Crippen MR) is 99.0 cm³/mol. The molecule has 122 valence electrons. The molecule has 0 heterocycles. The second-order valence-corrected chi connectivity index (χ2v) is 5.54. The van der Waals surface area contributed by atoms with Crippen LogP contribution in [-0.2, 0) is 13.0 Å². The lowest BCUT2D eigenvalue weighted by Gasteiger charge is -2.13. The first-order valence-corrected chi connectivity index (χ1v) is 8.20. The summed E-state index contributed by atoms with van der Waals surface area (Å²) in [6, 6.07) is 28.6. The Kier molecular flexibility index (Phi) is 5.87. The Labute approximate surface area is 143 Å². The van der Waals surface area contributed by atoms with E-state index in [4.69, 9.17) is 4.74 Å². The first-order chi connectivity index (χ1) is 11.9. The highest BCUT2D eigenvalue weighted by Gasteiger charge is 2.03. The summed E-state index contributed by atoms with van der Waals surface area (Å²) >= 11 is 0. The lowest BCUT2D eigenvalue weighted by Crippen LogP contribution is -2.21. The molecule has 0 aromatic heterocycles. The van der Waals surface area contributed by atoms with Crippen LogP contribution in [0.25, 0.3) is 0 Å². The number of hydrazine groups is 1. The van der Waals surface area contributed by atoms with Crippen LogP contribution in [0.2, 0.25) is 0 Å². The largest absolute Gasteiger partial charge is 0.493 e. The molecule has 3 aromatic rings. The number of rotatable bonds is 8. The second-order valence-electron chi connectivity index (χ2n) is 5.54. The van der Waals surface area contributed by atoms with E-state index in [1.807, 2.05) is 54.6 Å². The molecule has 24 heavy (non-hydrogen) atoms. The molecule has 0 aliphatic heterocycles. The van der Waals surface area contributed by atoms with Gasteiger partial charge in [-0.1, -0.05) is 66.7 Å². The number of ether oxygens (including phenoxy) is 1. The predicted octanol–water partition coefficient (Wildman–Crippen LogP) is 4.42. The Hall–Kier alpha value is -2.78. The molecule has 0 unspecified atom stereocenters. The average Bonchev–Trinajstić information content (AvgIpc) is 2.65. The van der Waals surface area contributed by atoms with E-state index in [0.717, 1.165) is 23.4 Å². The summed E-state index contributed by atoms with van der Waals surface area (Å²) in [7, 11) is 0. The lowest BCUT2D eigenvalue weighted by atomic mass is 10.1. The van der Waals surface area contributed by atoms with Crippen molar-refractivity contribution in [3.05, 3.63) is 96.1 Å². The van der Waals surface area contributed by atoms with Crippen LogP contribution in [0.15, 0.2) is 84.9 Å². The third kappa shape index (κ3) is 4.86. The van der Waals surface area contributed by atoms with E-state index in [2.05, 4.69) is 41.2 Å². The lowest BCUT2D eigenvalue weighted by molar-refractivity contribution is 0.318. The van der Waals surface area contributed by atoms with Crippen molar-refractivity contribution >= 4 is 5.69 Å².